The van der Waals surface area contributed by atoms with Crippen molar-refractivity contribution >= 4 is 6.08 Å². The van der Waals surface area contributed by atoms with E-state index in [-0.39, 0.29) is 0 Å². The molecule has 0 saturated carbocycles. The lowest BCUT2D eigenvalue weighted by atomic mass is 10.1. The Kier molecular flexibility index (Phi) is 4.97. The fraction of sp³-hybridized carbons (Fsp3) is 0.500. The van der Waals surface area contributed by atoms with Gasteiger partial charge in [-0.2, -0.15) is 0 Å². The minimum Gasteiger partial charge on any atom is -0.301 e. The number of hydrogen-bond donors (Lipinski definition) is 0. The molecule has 0 aromatic heterocycles. The number of benzene rings is 1. The number of hydrogen-bond acceptors (Lipinski definition) is 2. The van der Waals surface area contributed by atoms with E-state index >= 15 is 0 Å². The molecule has 2 nitrogen and oxygen atoms in total. The molecule has 0 amide bonds. The van der Waals surface area contributed by atoms with Crippen LogP contribution in [0.1, 0.15) is 18.1 Å². The Morgan fingerprint density at radius 2 is 1.61 bits per heavy atom. The molecule has 0 bridgehead atoms. The molecule has 0 radical (unpaired) electrons. The molecular formula is C16H24N2. The van der Waals surface area contributed by atoms with Crippen LogP contribution in [0.2, 0.25) is 0 Å². The minimum absolute atomic E-state index is 1.07. The maximum Gasteiger partial charge on any atom is 0.0167 e. The standard InChI is InChI=1S/C16H24N2/c1-3-17-11-13-18(14-12-17)10-4-5-16-8-6-15(2)7-9-16/h4-9H,3,10-14H2,1-2H3/b5-4+. The van der Waals surface area contributed by atoms with Gasteiger partial charge in [-0.25, -0.2) is 0 Å². The lowest BCUT2D eigenvalue weighted by molar-refractivity contribution is 0.148. The summed E-state index contributed by atoms with van der Waals surface area (Å²) >= 11 is 0. The van der Waals surface area contributed by atoms with Crippen LogP contribution in [0.3, 0.4) is 0 Å². The Bertz CT molecular complexity index is 373. The average Bonchev–Trinajstić information content (AvgIpc) is 2.42. The number of piperazine rings is 1. The topological polar surface area (TPSA) is 6.48 Å². The number of nitrogens with zero attached hydrogens (tertiary/aromatic N) is 2. The van der Waals surface area contributed by atoms with Crippen molar-refractivity contribution < 1.29 is 0 Å². The first-order valence-corrected chi connectivity index (χ1v) is 6.96. The number of likely N-dealkylation sites (N-methyl/N-ethyl adjacent to an activating group) is 1. The summed E-state index contributed by atoms with van der Waals surface area (Å²) in [6.45, 7) is 11.5. The molecule has 2 heteroatoms. The van der Waals surface area contributed by atoms with E-state index in [1.165, 1.54) is 43.9 Å². The molecule has 1 aromatic rings. The van der Waals surface area contributed by atoms with Gasteiger partial charge >= 0.3 is 0 Å². The minimum atomic E-state index is 1.07. The largest absolute Gasteiger partial charge is 0.301 e. The summed E-state index contributed by atoms with van der Waals surface area (Å²) in [6, 6.07) is 8.70. The maximum absolute atomic E-state index is 2.52. The van der Waals surface area contributed by atoms with Crippen LogP contribution >= 0.6 is 0 Å². The zero-order chi connectivity index (χ0) is 12.8. The molecule has 0 spiro atoms. The predicted octanol–water partition coefficient (Wildman–Crippen LogP) is 2.65. The molecule has 0 atom stereocenters. The van der Waals surface area contributed by atoms with Crippen LogP contribution in [-0.2, 0) is 0 Å². The van der Waals surface area contributed by atoms with E-state index in [9.17, 15) is 0 Å². The van der Waals surface area contributed by atoms with Gasteiger partial charge in [-0.3, -0.25) is 4.90 Å². The summed E-state index contributed by atoms with van der Waals surface area (Å²) in [5.74, 6) is 0. The van der Waals surface area contributed by atoms with E-state index in [4.69, 9.17) is 0 Å². The molecule has 1 heterocycles. The molecule has 0 unspecified atom stereocenters. The highest BCUT2D eigenvalue weighted by Gasteiger charge is 2.13. The van der Waals surface area contributed by atoms with Crippen molar-refractivity contribution in [3.63, 3.8) is 0 Å². The van der Waals surface area contributed by atoms with E-state index in [0.717, 1.165) is 6.54 Å². The van der Waals surface area contributed by atoms with Crippen LogP contribution in [-0.4, -0.2) is 49.1 Å². The quantitative estimate of drug-likeness (QED) is 0.803. The monoisotopic (exact) mass is 244 g/mol. The van der Waals surface area contributed by atoms with Gasteiger partial charge in [0.2, 0.25) is 0 Å². The molecule has 0 N–H and O–H groups in total. The third-order valence-corrected chi connectivity index (χ3v) is 3.66. The maximum atomic E-state index is 2.52. The summed E-state index contributed by atoms with van der Waals surface area (Å²) < 4.78 is 0. The van der Waals surface area contributed by atoms with E-state index in [1.54, 1.807) is 0 Å². The second-order valence-electron chi connectivity index (χ2n) is 5.05. The lowest BCUT2D eigenvalue weighted by Gasteiger charge is -2.33. The van der Waals surface area contributed by atoms with Gasteiger partial charge in [0.15, 0.2) is 0 Å². The molecular weight excluding hydrogens is 220 g/mol. The summed E-state index contributed by atoms with van der Waals surface area (Å²) in [4.78, 5) is 5.04. The highest BCUT2D eigenvalue weighted by atomic mass is 15.2. The lowest BCUT2D eigenvalue weighted by Crippen LogP contribution is -2.45. The van der Waals surface area contributed by atoms with Gasteiger partial charge in [0, 0.05) is 32.7 Å². The van der Waals surface area contributed by atoms with Gasteiger partial charge in [-0.05, 0) is 19.0 Å². The Morgan fingerprint density at radius 3 is 2.22 bits per heavy atom. The zero-order valence-electron chi connectivity index (χ0n) is 11.6. The summed E-state index contributed by atoms with van der Waals surface area (Å²) in [5, 5.41) is 0. The van der Waals surface area contributed by atoms with E-state index in [1.807, 2.05) is 0 Å². The molecule has 1 aliphatic heterocycles. The third-order valence-electron chi connectivity index (χ3n) is 3.66. The molecule has 98 valence electrons. The van der Waals surface area contributed by atoms with Crippen molar-refractivity contribution in [3.05, 3.63) is 41.5 Å². The van der Waals surface area contributed by atoms with Gasteiger partial charge < -0.3 is 4.90 Å². The Balaban J connectivity index is 1.76. The Hall–Kier alpha value is -1.12. The van der Waals surface area contributed by atoms with Crippen molar-refractivity contribution in [2.24, 2.45) is 0 Å². The molecule has 1 aromatic carbocycles. The smallest absolute Gasteiger partial charge is 0.0167 e. The van der Waals surface area contributed by atoms with Crippen LogP contribution < -0.4 is 0 Å². The van der Waals surface area contributed by atoms with Crippen molar-refractivity contribution in [2.75, 3.05) is 39.3 Å². The fourth-order valence-electron chi connectivity index (χ4n) is 2.30. The van der Waals surface area contributed by atoms with Crippen LogP contribution in [0.15, 0.2) is 30.3 Å². The average molecular weight is 244 g/mol. The first-order valence-electron chi connectivity index (χ1n) is 6.96. The number of aryl methyl sites for hydroxylation is 1. The molecule has 1 fully saturated rings. The van der Waals surface area contributed by atoms with Crippen LogP contribution in [0.25, 0.3) is 6.08 Å². The van der Waals surface area contributed by atoms with Crippen molar-refractivity contribution in [1.29, 1.82) is 0 Å². The van der Waals surface area contributed by atoms with Gasteiger partial charge in [0.05, 0.1) is 0 Å². The SMILES string of the molecule is CCN1CCN(C/C=C/c2ccc(C)cc2)CC1. The molecule has 18 heavy (non-hydrogen) atoms. The van der Waals surface area contributed by atoms with E-state index < -0.39 is 0 Å². The summed E-state index contributed by atoms with van der Waals surface area (Å²) in [7, 11) is 0. The summed E-state index contributed by atoms with van der Waals surface area (Å²) in [6.07, 6.45) is 4.51. The van der Waals surface area contributed by atoms with Crippen LogP contribution in [0.4, 0.5) is 0 Å². The normalized spacial score (nSPS) is 18.6. The van der Waals surface area contributed by atoms with Crippen LogP contribution in [0.5, 0.6) is 0 Å². The van der Waals surface area contributed by atoms with Crippen molar-refractivity contribution in [2.45, 2.75) is 13.8 Å². The highest BCUT2D eigenvalue weighted by molar-refractivity contribution is 5.49. The molecule has 1 saturated heterocycles. The number of rotatable bonds is 4. The van der Waals surface area contributed by atoms with E-state index in [2.05, 4.69) is 60.1 Å². The molecule has 1 aliphatic rings. The van der Waals surface area contributed by atoms with Crippen molar-refractivity contribution in [1.82, 2.24) is 9.80 Å². The zero-order valence-corrected chi connectivity index (χ0v) is 11.6. The first-order chi connectivity index (χ1) is 8.78. The van der Waals surface area contributed by atoms with E-state index in [0.29, 0.717) is 0 Å². The fourth-order valence-corrected chi connectivity index (χ4v) is 2.30. The van der Waals surface area contributed by atoms with Crippen molar-refractivity contribution in [3.8, 4) is 0 Å². The molecule has 2 rings (SSSR count). The van der Waals surface area contributed by atoms with Gasteiger partial charge in [-0.15, -0.1) is 0 Å². The first kappa shape index (κ1) is 13.3. The predicted molar refractivity (Wildman–Crippen MR) is 78.8 cm³/mol. The Morgan fingerprint density at radius 1 is 1.00 bits per heavy atom. The molecule has 0 aliphatic carbocycles. The van der Waals surface area contributed by atoms with Crippen LogP contribution in [0, 0.1) is 6.92 Å². The third kappa shape index (κ3) is 3.97. The van der Waals surface area contributed by atoms with Gasteiger partial charge in [0.25, 0.3) is 0 Å². The Labute approximate surface area is 111 Å². The highest BCUT2D eigenvalue weighted by Crippen LogP contribution is 2.06. The second kappa shape index (κ2) is 6.72. The summed E-state index contributed by atoms with van der Waals surface area (Å²) in [5.41, 5.74) is 2.62. The van der Waals surface area contributed by atoms with Gasteiger partial charge in [0.1, 0.15) is 0 Å². The van der Waals surface area contributed by atoms with Gasteiger partial charge in [-0.1, -0.05) is 48.9 Å². The second-order valence-corrected chi connectivity index (χ2v) is 5.05.